The minimum absolute atomic E-state index is 0.783. The lowest BCUT2D eigenvalue weighted by molar-refractivity contribution is 0.189. The maximum atomic E-state index is 3.93. The van der Waals surface area contributed by atoms with Gasteiger partial charge in [0.1, 0.15) is 0 Å². The second-order valence-electron chi connectivity index (χ2n) is 4.69. The maximum absolute atomic E-state index is 3.93. The molecule has 70 valence electrons. The summed E-state index contributed by atoms with van der Waals surface area (Å²) in [4.78, 5) is 0. The van der Waals surface area contributed by atoms with E-state index < -0.39 is 0 Å². The lowest BCUT2D eigenvalue weighted by Crippen LogP contribution is -2.24. The van der Waals surface area contributed by atoms with Gasteiger partial charge in [-0.3, -0.25) is 0 Å². The fourth-order valence-electron chi connectivity index (χ4n) is 2.32. The summed E-state index contributed by atoms with van der Waals surface area (Å²) < 4.78 is 0. The predicted molar refractivity (Wildman–Crippen MR) is 55.0 cm³/mol. The predicted octanol–water partition coefficient (Wildman–Crippen LogP) is 3.88. The molecule has 0 heterocycles. The SMILES string of the molecule is C=CC1CC(C(C)C)CCC1C. The summed E-state index contributed by atoms with van der Waals surface area (Å²) in [6.07, 6.45) is 6.38. The normalized spacial score (nSPS) is 36.8. The smallest absolute Gasteiger partial charge is 0.0208 e. The quantitative estimate of drug-likeness (QED) is 0.546. The third-order valence-corrected chi connectivity index (χ3v) is 3.54. The van der Waals surface area contributed by atoms with Crippen LogP contribution in [0.15, 0.2) is 12.7 Å². The molecule has 0 aliphatic heterocycles. The Morgan fingerprint density at radius 1 is 1.33 bits per heavy atom. The molecule has 12 heavy (non-hydrogen) atoms. The topological polar surface area (TPSA) is 0 Å². The molecule has 0 aromatic rings. The summed E-state index contributed by atoms with van der Waals surface area (Å²) in [5.74, 6) is 3.47. The Bertz CT molecular complexity index is 146. The van der Waals surface area contributed by atoms with Gasteiger partial charge in [-0.2, -0.15) is 0 Å². The van der Waals surface area contributed by atoms with Gasteiger partial charge >= 0.3 is 0 Å². The van der Waals surface area contributed by atoms with Gasteiger partial charge in [0.25, 0.3) is 0 Å². The Balaban J connectivity index is 2.49. The number of hydrogen-bond acceptors (Lipinski definition) is 0. The Kier molecular flexibility index (Phi) is 3.37. The van der Waals surface area contributed by atoms with E-state index in [1.165, 1.54) is 19.3 Å². The van der Waals surface area contributed by atoms with E-state index in [2.05, 4.69) is 33.4 Å². The molecule has 1 aliphatic rings. The number of hydrogen-bond donors (Lipinski definition) is 0. The van der Waals surface area contributed by atoms with Crippen molar-refractivity contribution < 1.29 is 0 Å². The van der Waals surface area contributed by atoms with Crippen molar-refractivity contribution in [1.82, 2.24) is 0 Å². The molecule has 0 amide bonds. The number of rotatable bonds is 2. The highest BCUT2D eigenvalue weighted by atomic mass is 14.3. The molecule has 0 saturated heterocycles. The van der Waals surface area contributed by atoms with Gasteiger partial charge in [-0.25, -0.2) is 0 Å². The van der Waals surface area contributed by atoms with Crippen LogP contribution in [0.1, 0.15) is 40.0 Å². The molecule has 3 unspecified atom stereocenters. The highest BCUT2D eigenvalue weighted by Crippen LogP contribution is 2.37. The molecular weight excluding hydrogens is 144 g/mol. The molecule has 1 fully saturated rings. The zero-order valence-corrected chi connectivity index (χ0v) is 8.72. The minimum atomic E-state index is 0.783. The third-order valence-electron chi connectivity index (χ3n) is 3.54. The van der Waals surface area contributed by atoms with Crippen LogP contribution in [0, 0.1) is 23.7 Å². The highest BCUT2D eigenvalue weighted by molar-refractivity contribution is 4.89. The van der Waals surface area contributed by atoms with Gasteiger partial charge in [0.15, 0.2) is 0 Å². The molecule has 0 bridgehead atoms. The van der Waals surface area contributed by atoms with Crippen molar-refractivity contribution >= 4 is 0 Å². The van der Waals surface area contributed by atoms with Crippen LogP contribution in [0.4, 0.5) is 0 Å². The van der Waals surface area contributed by atoms with E-state index >= 15 is 0 Å². The summed E-state index contributed by atoms with van der Waals surface area (Å²) >= 11 is 0. The van der Waals surface area contributed by atoms with Gasteiger partial charge in [0.2, 0.25) is 0 Å². The Morgan fingerprint density at radius 2 is 2.00 bits per heavy atom. The lowest BCUT2D eigenvalue weighted by atomic mass is 9.71. The fourth-order valence-corrected chi connectivity index (χ4v) is 2.32. The first-order chi connectivity index (χ1) is 5.65. The van der Waals surface area contributed by atoms with E-state index in [4.69, 9.17) is 0 Å². The zero-order valence-electron chi connectivity index (χ0n) is 8.72. The first kappa shape index (κ1) is 9.83. The van der Waals surface area contributed by atoms with Gasteiger partial charge < -0.3 is 0 Å². The van der Waals surface area contributed by atoms with E-state index in [1.807, 2.05) is 0 Å². The van der Waals surface area contributed by atoms with Crippen LogP contribution >= 0.6 is 0 Å². The molecule has 1 saturated carbocycles. The first-order valence-corrected chi connectivity index (χ1v) is 5.27. The van der Waals surface area contributed by atoms with E-state index in [0.717, 1.165) is 23.7 Å². The van der Waals surface area contributed by atoms with Crippen LogP contribution < -0.4 is 0 Å². The van der Waals surface area contributed by atoms with E-state index in [9.17, 15) is 0 Å². The molecule has 0 aromatic carbocycles. The summed E-state index contributed by atoms with van der Waals surface area (Å²) in [5.41, 5.74) is 0. The number of allylic oxidation sites excluding steroid dienone is 1. The van der Waals surface area contributed by atoms with Gasteiger partial charge in [-0.05, 0) is 42.9 Å². The third kappa shape index (κ3) is 2.12. The van der Waals surface area contributed by atoms with Crippen LogP contribution in [0.25, 0.3) is 0 Å². The summed E-state index contributed by atoms with van der Waals surface area (Å²) in [6.45, 7) is 11.0. The molecule has 3 atom stereocenters. The van der Waals surface area contributed by atoms with E-state index in [-0.39, 0.29) is 0 Å². The van der Waals surface area contributed by atoms with Crippen LogP contribution in [-0.2, 0) is 0 Å². The second-order valence-corrected chi connectivity index (χ2v) is 4.69. The molecule has 0 radical (unpaired) electrons. The fraction of sp³-hybridized carbons (Fsp3) is 0.833. The molecule has 0 heteroatoms. The largest absolute Gasteiger partial charge is 0.103 e. The van der Waals surface area contributed by atoms with Crippen molar-refractivity contribution in [3.05, 3.63) is 12.7 Å². The van der Waals surface area contributed by atoms with Gasteiger partial charge in [-0.15, -0.1) is 6.58 Å². The summed E-state index contributed by atoms with van der Waals surface area (Å²) in [6, 6.07) is 0. The summed E-state index contributed by atoms with van der Waals surface area (Å²) in [7, 11) is 0. The monoisotopic (exact) mass is 166 g/mol. The Labute approximate surface area is 77.1 Å². The van der Waals surface area contributed by atoms with Crippen LogP contribution in [0.5, 0.6) is 0 Å². The minimum Gasteiger partial charge on any atom is -0.103 e. The zero-order chi connectivity index (χ0) is 9.14. The molecule has 0 N–H and O–H groups in total. The highest BCUT2D eigenvalue weighted by Gasteiger charge is 2.26. The molecule has 0 spiro atoms. The van der Waals surface area contributed by atoms with Crippen molar-refractivity contribution in [2.24, 2.45) is 23.7 Å². The van der Waals surface area contributed by atoms with Crippen molar-refractivity contribution in [2.75, 3.05) is 0 Å². The second kappa shape index (κ2) is 4.11. The van der Waals surface area contributed by atoms with Crippen LogP contribution in [-0.4, -0.2) is 0 Å². The summed E-state index contributed by atoms with van der Waals surface area (Å²) in [5, 5.41) is 0. The van der Waals surface area contributed by atoms with Gasteiger partial charge in [0.05, 0.1) is 0 Å². The molecule has 0 nitrogen and oxygen atoms in total. The Hall–Kier alpha value is -0.260. The Morgan fingerprint density at radius 3 is 2.50 bits per heavy atom. The van der Waals surface area contributed by atoms with E-state index in [0.29, 0.717) is 0 Å². The van der Waals surface area contributed by atoms with Gasteiger partial charge in [0, 0.05) is 0 Å². The van der Waals surface area contributed by atoms with Crippen molar-refractivity contribution in [2.45, 2.75) is 40.0 Å². The van der Waals surface area contributed by atoms with Crippen LogP contribution in [0.2, 0.25) is 0 Å². The van der Waals surface area contributed by atoms with Gasteiger partial charge in [-0.1, -0.05) is 26.8 Å². The lowest BCUT2D eigenvalue weighted by Gasteiger charge is -2.34. The van der Waals surface area contributed by atoms with E-state index in [1.54, 1.807) is 0 Å². The maximum Gasteiger partial charge on any atom is -0.0208 e. The molecular formula is C12H22. The van der Waals surface area contributed by atoms with Crippen molar-refractivity contribution in [3.8, 4) is 0 Å². The average molecular weight is 166 g/mol. The molecule has 1 aliphatic carbocycles. The standard InChI is InChI=1S/C12H22/c1-5-11-8-12(9(2)3)7-6-10(11)4/h5,9-12H,1,6-8H2,2-4H3. The molecule has 1 rings (SSSR count). The van der Waals surface area contributed by atoms with Crippen molar-refractivity contribution in [1.29, 1.82) is 0 Å². The van der Waals surface area contributed by atoms with Crippen molar-refractivity contribution in [3.63, 3.8) is 0 Å². The average Bonchev–Trinajstić information content (AvgIpc) is 2.05. The first-order valence-electron chi connectivity index (χ1n) is 5.27. The molecule has 0 aromatic heterocycles. The van der Waals surface area contributed by atoms with Crippen LogP contribution in [0.3, 0.4) is 0 Å².